The highest BCUT2D eigenvalue weighted by atomic mass is 14.8. The zero-order chi connectivity index (χ0) is 16.4. The van der Waals surface area contributed by atoms with Gasteiger partial charge in [0.2, 0.25) is 0 Å². The molecular weight excluding hydrogens is 280 g/mol. The van der Waals surface area contributed by atoms with Crippen LogP contribution >= 0.6 is 0 Å². The van der Waals surface area contributed by atoms with Crippen LogP contribution in [0.5, 0.6) is 0 Å². The molecule has 2 aliphatic carbocycles. The third-order valence-corrected chi connectivity index (χ3v) is 6.82. The van der Waals surface area contributed by atoms with Crippen molar-refractivity contribution in [2.75, 3.05) is 0 Å². The smallest absolute Gasteiger partial charge is 0.0652 e. The van der Waals surface area contributed by atoms with Crippen LogP contribution in [0.4, 0.5) is 0 Å². The lowest BCUT2D eigenvalue weighted by Crippen LogP contribution is -2.49. The van der Waals surface area contributed by atoms with Crippen LogP contribution in [0.3, 0.4) is 0 Å². The van der Waals surface area contributed by atoms with E-state index < -0.39 is 0 Å². The number of aliphatic imine (C=N–C) groups is 1. The number of hydrogen-bond donors (Lipinski definition) is 1. The number of nitrogens with one attached hydrogen (secondary N) is 1. The number of nitrogens with zero attached hydrogens (tertiary/aromatic N) is 1. The molecule has 2 nitrogen and oxygen atoms in total. The van der Waals surface area contributed by atoms with Gasteiger partial charge >= 0.3 is 0 Å². The fourth-order valence-electron chi connectivity index (χ4n) is 5.38. The van der Waals surface area contributed by atoms with Crippen LogP contribution in [-0.2, 0) is 5.41 Å². The van der Waals surface area contributed by atoms with Gasteiger partial charge in [0.1, 0.15) is 0 Å². The van der Waals surface area contributed by atoms with Gasteiger partial charge in [0.15, 0.2) is 0 Å². The summed E-state index contributed by atoms with van der Waals surface area (Å²) < 4.78 is 0. The molecule has 0 spiro atoms. The average molecular weight is 306 g/mol. The molecule has 1 N–H and O–H groups in total. The van der Waals surface area contributed by atoms with Crippen molar-refractivity contribution in [1.29, 1.82) is 0 Å². The first kappa shape index (κ1) is 14.7. The first-order valence-electron chi connectivity index (χ1n) is 8.64. The maximum Gasteiger partial charge on any atom is 0.0652 e. The second kappa shape index (κ2) is 4.59. The van der Waals surface area contributed by atoms with Crippen molar-refractivity contribution in [3.8, 4) is 0 Å². The molecule has 1 saturated carbocycles. The molecule has 1 aromatic heterocycles. The third kappa shape index (κ3) is 1.72. The minimum Gasteiger partial charge on any atom is -0.361 e. The molecule has 1 heterocycles. The van der Waals surface area contributed by atoms with E-state index in [1.807, 2.05) is 0 Å². The summed E-state index contributed by atoms with van der Waals surface area (Å²) in [6, 6.07) is 6.88. The van der Waals surface area contributed by atoms with Crippen LogP contribution in [0.15, 0.2) is 42.0 Å². The molecular formula is C21H26N2. The summed E-state index contributed by atoms with van der Waals surface area (Å²) in [4.78, 5) is 8.12. The van der Waals surface area contributed by atoms with Crippen molar-refractivity contribution in [3.05, 3.63) is 48.2 Å². The first-order valence-corrected chi connectivity index (χ1v) is 8.64. The van der Waals surface area contributed by atoms with Crippen LogP contribution in [0, 0.1) is 11.3 Å². The number of H-pyrrole nitrogens is 1. The van der Waals surface area contributed by atoms with Crippen molar-refractivity contribution >= 4 is 17.6 Å². The molecule has 120 valence electrons. The number of benzene rings is 1. The van der Waals surface area contributed by atoms with Crippen LogP contribution in [0.1, 0.15) is 50.7 Å². The minimum absolute atomic E-state index is 0.0366. The van der Waals surface area contributed by atoms with Gasteiger partial charge in [-0.2, -0.15) is 0 Å². The molecule has 0 amide bonds. The lowest BCUT2D eigenvalue weighted by atomic mass is 9.51. The molecule has 0 bridgehead atoms. The van der Waals surface area contributed by atoms with Gasteiger partial charge in [-0.15, -0.1) is 6.58 Å². The Morgan fingerprint density at radius 3 is 2.78 bits per heavy atom. The summed E-state index contributed by atoms with van der Waals surface area (Å²) in [6.07, 6.45) is 6.68. The third-order valence-electron chi connectivity index (χ3n) is 6.82. The highest BCUT2D eigenvalue weighted by Crippen LogP contribution is 2.59. The van der Waals surface area contributed by atoms with Gasteiger partial charge in [-0.3, -0.25) is 4.99 Å². The average Bonchev–Trinajstić information content (AvgIpc) is 2.97. The molecule has 2 aromatic rings. The molecule has 2 aliphatic rings. The fraction of sp³-hybridized carbons (Fsp3) is 0.476. The second-order valence-electron chi connectivity index (χ2n) is 8.20. The molecule has 0 aliphatic heterocycles. The largest absolute Gasteiger partial charge is 0.361 e. The molecule has 23 heavy (non-hydrogen) atoms. The van der Waals surface area contributed by atoms with Gasteiger partial charge in [-0.1, -0.05) is 39.0 Å². The monoisotopic (exact) mass is 306 g/mol. The zero-order valence-electron chi connectivity index (χ0n) is 14.4. The molecule has 0 radical (unpaired) electrons. The second-order valence-corrected chi connectivity index (χ2v) is 8.20. The molecule has 4 rings (SSSR count). The number of fused-ring (bicyclic) bond motifs is 2. The summed E-state index contributed by atoms with van der Waals surface area (Å²) in [6.45, 7) is 15.2. The highest BCUT2D eigenvalue weighted by molar-refractivity contribution is 5.89. The Morgan fingerprint density at radius 1 is 1.30 bits per heavy atom. The highest BCUT2D eigenvalue weighted by Gasteiger charge is 2.53. The lowest BCUT2D eigenvalue weighted by molar-refractivity contribution is 0.104. The quantitative estimate of drug-likeness (QED) is 0.582. The first-order chi connectivity index (χ1) is 10.9. The summed E-state index contributed by atoms with van der Waals surface area (Å²) in [5.74, 6) is 1.02. The van der Waals surface area contributed by atoms with Crippen molar-refractivity contribution in [2.45, 2.75) is 51.0 Å². The zero-order valence-corrected chi connectivity index (χ0v) is 14.4. The number of rotatable bonds is 2. The molecule has 0 saturated heterocycles. The van der Waals surface area contributed by atoms with Crippen molar-refractivity contribution in [1.82, 2.24) is 4.98 Å². The number of hydrogen-bond acceptors (Lipinski definition) is 1. The molecule has 1 aromatic carbocycles. The normalized spacial score (nSPS) is 34.8. The topological polar surface area (TPSA) is 28.1 Å². The lowest BCUT2D eigenvalue weighted by Gasteiger charge is -2.54. The minimum atomic E-state index is 0.0366. The SMILES string of the molecule is C=C[C@@]1(C)CC[C@H]2[C@H](c3c[nH]c4cccc(c34)C2(C)C)[C@H]1N=C. The predicted molar refractivity (Wildman–Crippen MR) is 98.4 cm³/mol. The van der Waals surface area contributed by atoms with Gasteiger partial charge in [-0.25, -0.2) is 0 Å². The van der Waals surface area contributed by atoms with E-state index in [-0.39, 0.29) is 16.9 Å². The van der Waals surface area contributed by atoms with Crippen molar-refractivity contribution in [3.63, 3.8) is 0 Å². The van der Waals surface area contributed by atoms with E-state index in [1.165, 1.54) is 28.5 Å². The standard InChI is InChI=1S/C21H26N2/c1-6-21(4)11-10-15-18(19(21)22-5)13-12-23-16-9-7-8-14(17(13)16)20(15,2)3/h6-9,12,15,18-19,23H,1,5,10-11H2,2-4H3/t15-,18-,19+,21-/m0/s1. The van der Waals surface area contributed by atoms with E-state index in [1.54, 1.807) is 0 Å². The maximum atomic E-state index is 4.63. The van der Waals surface area contributed by atoms with Gasteiger partial charge in [-0.05, 0) is 48.1 Å². The summed E-state index contributed by atoms with van der Waals surface area (Å²) >= 11 is 0. The number of aromatic nitrogens is 1. The van der Waals surface area contributed by atoms with Gasteiger partial charge < -0.3 is 4.98 Å². The van der Waals surface area contributed by atoms with E-state index in [0.29, 0.717) is 11.8 Å². The Bertz CT molecular complexity index is 797. The molecule has 4 atom stereocenters. The Hall–Kier alpha value is -1.83. The fourth-order valence-corrected chi connectivity index (χ4v) is 5.38. The predicted octanol–water partition coefficient (Wildman–Crippen LogP) is 5.21. The maximum absolute atomic E-state index is 4.63. The van der Waals surface area contributed by atoms with E-state index >= 15 is 0 Å². The molecule has 0 unspecified atom stereocenters. The van der Waals surface area contributed by atoms with Crippen LogP contribution < -0.4 is 0 Å². The van der Waals surface area contributed by atoms with Crippen LogP contribution in [-0.4, -0.2) is 17.7 Å². The summed E-state index contributed by atoms with van der Waals surface area (Å²) in [5, 5.41) is 1.42. The van der Waals surface area contributed by atoms with Gasteiger partial charge in [0.25, 0.3) is 0 Å². The van der Waals surface area contributed by atoms with Crippen LogP contribution in [0.25, 0.3) is 10.9 Å². The van der Waals surface area contributed by atoms with Gasteiger partial charge in [0, 0.05) is 28.4 Å². The number of aromatic amines is 1. The molecule has 2 heteroatoms. The van der Waals surface area contributed by atoms with E-state index in [9.17, 15) is 0 Å². The summed E-state index contributed by atoms with van der Waals surface area (Å²) in [7, 11) is 0. The van der Waals surface area contributed by atoms with Crippen LogP contribution in [0.2, 0.25) is 0 Å². The van der Waals surface area contributed by atoms with E-state index in [0.717, 1.165) is 6.42 Å². The Kier molecular flexibility index (Phi) is 2.94. The molecule has 1 fully saturated rings. The van der Waals surface area contributed by atoms with E-state index in [4.69, 9.17) is 0 Å². The Morgan fingerprint density at radius 2 is 2.09 bits per heavy atom. The van der Waals surface area contributed by atoms with Crippen molar-refractivity contribution < 1.29 is 0 Å². The van der Waals surface area contributed by atoms with Gasteiger partial charge in [0.05, 0.1) is 6.04 Å². The Labute approximate surface area is 138 Å². The Balaban J connectivity index is 2.02. The summed E-state index contributed by atoms with van der Waals surface area (Å²) in [5.41, 5.74) is 4.36. The van der Waals surface area contributed by atoms with E-state index in [2.05, 4.69) is 74.5 Å². The van der Waals surface area contributed by atoms with Crippen molar-refractivity contribution in [2.24, 2.45) is 16.3 Å².